The van der Waals surface area contributed by atoms with Crippen molar-refractivity contribution >= 4 is 46.8 Å². The first-order chi connectivity index (χ1) is 18.3. The molecule has 2 aliphatic heterocycles. The molecule has 1 saturated heterocycles. The molecule has 0 spiro atoms. The highest BCUT2D eigenvalue weighted by atomic mass is 35.5. The molecule has 3 heterocycles. The average Bonchev–Trinajstić information content (AvgIpc) is 2.90. The molecule has 2 aliphatic rings. The van der Waals surface area contributed by atoms with Crippen molar-refractivity contribution in [1.29, 1.82) is 0 Å². The number of piperidine rings is 1. The van der Waals surface area contributed by atoms with Crippen LogP contribution in [0.1, 0.15) is 47.3 Å². The number of carboxylic acid groups (broad SMARTS) is 1. The SMILES string of the molecule is O=C(N[C@@H](CNC(=O)[C@@H]1CCCN(CCCc2ccc3c(n2)NCCC3)C1)C(=O)O)c1c(Cl)cccc1Cl. The van der Waals surface area contributed by atoms with Crippen molar-refractivity contribution in [3.63, 3.8) is 0 Å². The fourth-order valence-electron chi connectivity index (χ4n) is 4.96. The molecule has 4 rings (SSSR count). The molecule has 0 unspecified atom stereocenters. The Balaban J connectivity index is 1.24. The molecule has 38 heavy (non-hydrogen) atoms. The van der Waals surface area contributed by atoms with E-state index in [0.29, 0.717) is 6.54 Å². The van der Waals surface area contributed by atoms with Crippen LogP contribution in [-0.4, -0.2) is 71.5 Å². The van der Waals surface area contributed by atoms with Crippen molar-refractivity contribution in [2.24, 2.45) is 5.92 Å². The predicted molar refractivity (Wildman–Crippen MR) is 147 cm³/mol. The third-order valence-electron chi connectivity index (χ3n) is 7.01. The highest BCUT2D eigenvalue weighted by molar-refractivity contribution is 6.39. The molecule has 9 nitrogen and oxygen atoms in total. The van der Waals surface area contributed by atoms with E-state index >= 15 is 0 Å². The minimum Gasteiger partial charge on any atom is -0.480 e. The minimum atomic E-state index is -1.32. The van der Waals surface area contributed by atoms with Crippen molar-refractivity contribution in [3.8, 4) is 0 Å². The fraction of sp³-hybridized carbons (Fsp3) is 0.481. The number of carbonyl (C=O) groups is 3. The van der Waals surface area contributed by atoms with E-state index in [0.717, 1.165) is 69.7 Å². The van der Waals surface area contributed by atoms with Crippen LogP contribution in [0.5, 0.6) is 0 Å². The van der Waals surface area contributed by atoms with Gasteiger partial charge in [0.25, 0.3) is 5.91 Å². The fourth-order valence-corrected chi connectivity index (χ4v) is 5.53. The van der Waals surface area contributed by atoms with Crippen LogP contribution in [0.4, 0.5) is 5.82 Å². The summed E-state index contributed by atoms with van der Waals surface area (Å²) in [6.07, 6.45) is 5.65. The Kier molecular flexibility index (Phi) is 9.82. The van der Waals surface area contributed by atoms with Crippen molar-refractivity contribution in [2.75, 3.05) is 38.0 Å². The number of aryl methyl sites for hydroxylation is 2. The molecule has 0 saturated carbocycles. The maximum Gasteiger partial charge on any atom is 0.328 e. The van der Waals surface area contributed by atoms with Crippen LogP contribution < -0.4 is 16.0 Å². The van der Waals surface area contributed by atoms with Gasteiger partial charge in [0.15, 0.2) is 0 Å². The highest BCUT2D eigenvalue weighted by Crippen LogP contribution is 2.24. The molecule has 2 atom stereocenters. The van der Waals surface area contributed by atoms with E-state index in [4.69, 9.17) is 28.2 Å². The van der Waals surface area contributed by atoms with Gasteiger partial charge in [-0.15, -0.1) is 0 Å². The number of aliphatic carboxylic acids is 1. The molecule has 11 heteroatoms. The molecule has 2 amide bonds. The van der Waals surface area contributed by atoms with Gasteiger partial charge in [-0.1, -0.05) is 35.3 Å². The quantitative estimate of drug-likeness (QED) is 0.350. The molecule has 204 valence electrons. The van der Waals surface area contributed by atoms with Crippen LogP contribution in [0.15, 0.2) is 30.3 Å². The number of pyridine rings is 1. The lowest BCUT2D eigenvalue weighted by atomic mass is 9.96. The number of hydrogen-bond donors (Lipinski definition) is 4. The molecular formula is C27H33Cl2N5O4. The molecular weight excluding hydrogens is 529 g/mol. The van der Waals surface area contributed by atoms with Gasteiger partial charge < -0.3 is 26.0 Å². The van der Waals surface area contributed by atoms with Crippen molar-refractivity contribution in [2.45, 2.75) is 44.6 Å². The second kappa shape index (κ2) is 13.3. The molecule has 0 aliphatic carbocycles. The summed E-state index contributed by atoms with van der Waals surface area (Å²) in [6.45, 7) is 3.13. The van der Waals surface area contributed by atoms with Gasteiger partial charge in [0.05, 0.1) is 21.5 Å². The lowest BCUT2D eigenvalue weighted by Gasteiger charge is -2.32. The van der Waals surface area contributed by atoms with Gasteiger partial charge >= 0.3 is 5.97 Å². The first-order valence-corrected chi connectivity index (χ1v) is 13.8. The lowest BCUT2D eigenvalue weighted by Crippen LogP contribution is -2.51. The van der Waals surface area contributed by atoms with Crippen LogP contribution in [0, 0.1) is 5.92 Å². The standard InChI is InChI=1S/C27H33Cl2N5O4/c28-20-8-1-9-21(29)23(20)26(36)33-22(27(37)38)15-31-25(35)18-6-3-13-34(16-18)14-4-7-19-11-10-17-5-2-12-30-24(17)32-19/h1,8-11,18,22H,2-7,12-16H2,(H,30,32)(H,31,35)(H,33,36)(H,37,38)/t18-,22+/m1/s1. The number of aromatic nitrogens is 1. The number of halogens is 2. The number of benzene rings is 1. The van der Waals surface area contributed by atoms with E-state index in [-0.39, 0.29) is 34.0 Å². The summed E-state index contributed by atoms with van der Waals surface area (Å²) in [5.74, 6) is -1.42. The number of amides is 2. The Morgan fingerprint density at radius 3 is 2.71 bits per heavy atom. The first kappa shape index (κ1) is 28.1. The number of carboxylic acids is 1. The van der Waals surface area contributed by atoms with Crippen LogP contribution in [-0.2, 0) is 22.4 Å². The smallest absolute Gasteiger partial charge is 0.328 e. The highest BCUT2D eigenvalue weighted by Gasteiger charge is 2.28. The van der Waals surface area contributed by atoms with Gasteiger partial charge in [0.1, 0.15) is 11.9 Å². The Hall–Kier alpha value is -2.88. The largest absolute Gasteiger partial charge is 0.480 e. The van der Waals surface area contributed by atoms with E-state index in [1.54, 1.807) is 6.07 Å². The van der Waals surface area contributed by atoms with Gasteiger partial charge in [-0.3, -0.25) is 9.59 Å². The summed E-state index contributed by atoms with van der Waals surface area (Å²) in [5, 5.41) is 18.3. The summed E-state index contributed by atoms with van der Waals surface area (Å²) < 4.78 is 0. The molecule has 4 N–H and O–H groups in total. The molecule has 0 radical (unpaired) electrons. The number of nitrogens with zero attached hydrogens (tertiary/aromatic N) is 2. The number of anilines is 1. The Labute approximate surface area is 232 Å². The summed E-state index contributed by atoms with van der Waals surface area (Å²) in [6, 6.07) is 7.53. The normalized spacial score (nSPS) is 18.1. The zero-order valence-corrected chi connectivity index (χ0v) is 22.7. The summed E-state index contributed by atoms with van der Waals surface area (Å²) in [7, 11) is 0. The minimum absolute atomic E-state index is 0.00168. The molecule has 1 fully saturated rings. The van der Waals surface area contributed by atoms with Gasteiger partial charge in [-0.05, 0) is 75.4 Å². The first-order valence-electron chi connectivity index (χ1n) is 13.0. The Morgan fingerprint density at radius 1 is 1.16 bits per heavy atom. The summed E-state index contributed by atoms with van der Waals surface area (Å²) in [5.41, 5.74) is 2.35. The molecule has 2 aromatic rings. The monoisotopic (exact) mass is 561 g/mol. The second-order valence-corrected chi connectivity index (χ2v) is 10.6. The van der Waals surface area contributed by atoms with Gasteiger partial charge in [-0.2, -0.15) is 0 Å². The summed E-state index contributed by atoms with van der Waals surface area (Å²) in [4.78, 5) is 44.2. The third kappa shape index (κ3) is 7.36. The van der Waals surface area contributed by atoms with Gasteiger partial charge in [0, 0.05) is 25.3 Å². The van der Waals surface area contributed by atoms with Crippen LogP contribution in [0.25, 0.3) is 0 Å². The number of hydrogen-bond acceptors (Lipinski definition) is 6. The van der Waals surface area contributed by atoms with E-state index in [2.05, 4.69) is 33.0 Å². The maximum absolute atomic E-state index is 12.9. The zero-order valence-electron chi connectivity index (χ0n) is 21.1. The number of carbonyl (C=O) groups excluding carboxylic acids is 2. The number of likely N-dealkylation sites (tertiary alicyclic amines) is 1. The van der Waals surface area contributed by atoms with Crippen molar-refractivity contribution in [3.05, 3.63) is 57.2 Å². The molecule has 1 aromatic carbocycles. The van der Waals surface area contributed by atoms with Crippen LogP contribution >= 0.6 is 23.2 Å². The Bertz CT molecular complexity index is 1160. The topological polar surface area (TPSA) is 124 Å². The number of nitrogens with one attached hydrogen (secondary N) is 3. The molecule has 1 aromatic heterocycles. The number of rotatable bonds is 10. The second-order valence-electron chi connectivity index (χ2n) is 9.79. The average molecular weight is 562 g/mol. The molecule has 0 bridgehead atoms. The van der Waals surface area contributed by atoms with E-state index in [1.165, 1.54) is 17.7 Å². The van der Waals surface area contributed by atoms with Crippen LogP contribution in [0.2, 0.25) is 10.0 Å². The van der Waals surface area contributed by atoms with Crippen LogP contribution in [0.3, 0.4) is 0 Å². The number of fused-ring (bicyclic) bond motifs is 1. The lowest BCUT2D eigenvalue weighted by molar-refractivity contribution is -0.139. The zero-order chi connectivity index (χ0) is 27.1. The van der Waals surface area contributed by atoms with Gasteiger partial charge in [0.2, 0.25) is 5.91 Å². The van der Waals surface area contributed by atoms with E-state index in [9.17, 15) is 19.5 Å². The third-order valence-corrected chi connectivity index (χ3v) is 7.64. The van der Waals surface area contributed by atoms with E-state index < -0.39 is 17.9 Å². The van der Waals surface area contributed by atoms with E-state index in [1.807, 2.05) is 0 Å². The van der Waals surface area contributed by atoms with Gasteiger partial charge in [-0.25, -0.2) is 9.78 Å². The Morgan fingerprint density at radius 2 is 1.95 bits per heavy atom. The maximum atomic E-state index is 12.9. The van der Waals surface area contributed by atoms with Crippen molar-refractivity contribution < 1.29 is 19.5 Å². The predicted octanol–water partition coefficient (Wildman–Crippen LogP) is 3.39. The van der Waals surface area contributed by atoms with Crippen molar-refractivity contribution in [1.82, 2.24) is 20.5 Å². The summed E-state index contributed by atoms with van der Waals surface area (Å²) >= 11 is 12.1.